The molecular formula is C15H14BrFO2. The third-order valence-corrected chi connectivity index (χ3v) is 3.66. The van der Waals surface area contributed by atoms with Crippen LogP contribution in [0.2, 0.25) is 0 Å². The summed E-state index contributed by atoms with van der Waals surface area (Å²) in [5.74, 6) is 0.343. The van der Waals surface area contributed by atoms with E-state index in [0.717, 1.165) is 11.1 Å². The number of para-hydroxylation sites is 1. The minimum atomic E-state index is -0.696. The van der Waals surface area contributed by atoms with Gasteiger partial charge >= 0.3 is 0 Å². The van der Waals surface area contributed by atoms with Gasteiger partial charge in [-0.25, -0.2) is 4.39 Å². The Hall–Kier alpha value is -1.39. The number of benzene rings is 2. The van der Waals surface area contributed by atoms with E-state index in [1.54, 1.807) is 19.2 Å². The molecule has 19 heavy (non-hydrogen) atoms. The van der Waals surface area contributed by atoms with Crippen molar-refractivity contribution in [2.24, 2.45) is 0 Å². The summed E-state index contributed by atoms with van der Waals surface area (Å²) in [5, 5.41) is 10.3. The molecule has 0 saturated heterocycles. The molecule has 0 aliphatic carbocycles. The van der Waals surface area contributed by atoms with E-state index in [2.05, 4.69) is 15.9 Å². The quantitative estimate of drug-likeness (QED) is 0.925. The predicted molar refractivity (Wildman–Crippen MR) is 75.8 cm³/mol. The molecule has 0 aromatic heterocycles. The van der Waals surface area contributed by atoms with Gasteiger partial charge in [-0.15, -0.1) is 0 Å². The van der Waals surface area contributed by atoms with Crippen LogP contribution >= 0.6 is 15.9 Å². The van der Waals surface area contributed by atoms with Gasteiger partial charge in [-0.05, 0) is 23.8 Å². The monoisotopic (exact) mass is 324 g/mol. The second-order valence-corrected chi connectivity index (χ2v) is 5.05. The zero-order valence-corrected chi connectivity index (χ0v) is 12.0. The van der Waals surface area contributed by atoms with Crippen LogP contribution in [-0.4, -0.2) is 12.2 Å². The molecule has 0 amide bonds. The first-order valence-electron chi connectivity index (χ1n) is 5.86. The molecule has 2 nitrogen and oxygen atoms in total. The van der Waals surface area contributed by atoms with E-state index in [1.165, 1.54) is 12.1 Å². The molecule has 2 aromatic rings. The van der Waals surface area contributed by atoms with Gasteiger partial charge in [0, 0.05) is 16.5 Å². The average Bonchev–Trinajstić information content (AvgIpc) is 2.41. The third kappa shape index (κ3) is 3.33. The van der Waals surface area contributed by atoms with Crippen LogP contribution in [0.1, 0.15) is 17.2 Å². The molecule has 0 saturated carbocycles. The number of rotatable bonds is 4. The maximum absolute atomic E-state index is 13.0. The molecule has 0 fully saturated rings. The Morgan fingerprint density at radius 2 is 2.00 bits per heavy atom. The highest BCUT2D eigenvalue weighted by Crippen LogP contribution is 2.29. The molecular weight excluding hydrogens is 311 g/mol. The van der Waals surface area contributed by atoms with Crippen LogP contribution in [0.15, 0.2) is 46.9 Å². The summed E-state index contributed by atoms with van der Waals surface area (Å²) >= 11 is 3.30. The second-order valence-electron chi connectivity index (χ2n) is 4.20. The highest BCUT2D eigenvalue weighted by molar-refractivity contribution is 9.10. The lowest BCUT2D eigenvalue weighted by molar-refractivity contribution is 0.174. The second kappa shape index (κ2) is 6.17. The molecule has 1 atom stereocenters. The summed E-state index contributed by atoms with van der Waals surface area (Å²) < 4.78 is 18.9. The molecule has 0 radical (unpaired) electrons. The van der Waals surface area contributed by atoms with Gasteiger partial charge in [0.15, 0.2) is 0 Å². The SMILES string of the molecule is COc1ccccc1C(O)Cc1ccc(F)cc1Br. The van der Waals surface area contributed by atoms with Crippen LogP contribution in [0.3, 0.4) is 0 Å². The van der Waals surface area contributed by atoms with Crippen LogP contribution in [0.25, 0.3) is 0 Å². The average molecular weight is 325 g/mol. The van der Waals surface area contributed by atoms with Crippen LogP contribution in [0.5, 0.6) is 5.75 Å². The summed E-state index contributed by atoms with van der Waals surface area (Å²) in [7, 11) is 1.57. The number of hydrogen-bond acceptors (Lipinski definition) is 2. The van der Waals surface area contributed by atoms with Crippen molar-refractivity contribution < 1.29 is 14.2 Å². The lowest BCUT2D eigenvalue weighted by Crippen LogP contribution is -2.04. The van der Waals surface area contributed by atoms with E-state index in [1.807, 2.05) is 18.2 Å². The molecule has 1 N–H and O–H groups in total. The number of ether oxygens (including phenoxy) is 1. The van der Waals surface area contributed by atoms with E-state index in [0.29, 0.717) is 16.6 Å². The summed E-state index contributed by atoms with van der Waals surface area (Å²) in [6.07, 6.45) is -0.306. The molecule has 0 spiro atoms. The van der Waals surface area contributed by atoms with Gasteiger partial charge in [-0.1, -0.05) is 40.2 Å². The largest absolute Gasteiger partial charge is 0.496 e. The van der Waals surface area contributed by atoms with Gasteiger partial charge in [0.05, 0.1) is 13.2 Å². The van der Waals surface area contributed by atoms with Crippen molar-refractivity contribution in [1.82, 2.24) is 0 Å². The fourth-order valence-corrected chi connectivity index (χ4v) is 2.46. The van der Waals surface area contributed by atoms with E-state index in [-0.39, 0.29) is 5.82 Å². The number of halogens is 2. The zero-order chi connectivity index (χ0) is 13.8. The van der Waals surface area contributed by atoms with Crippen molar-refractivity contribution in [3.05, 3.63) is 63.9 Å². The first-order chi connectivity index (χ1) is 9.11. The number of aliphatic hydroxyl groups is 1. The smallest absolute Gasteiger partial charge is 0.124 e. The molecule has 2 rings (SSSR count). The Morgan fingerprint density at radius 3 is 2.68 bits per heavy atom. The van der Waals surface area contributed by atoms with Crippen molar-refractivity contribution in [3.63, 3.8) is 0 Å². The molecule has 1 unspecified atom stereocenters. The van der Waals surface area contributed by atoms with Crippen molar-refractivity contribution in [1.29, 1.82) is 0 Å². The zero-order valence-electron chi connectivity index (χ0n) is 10.4. The summed E-state index contributed by atoms with van der Waals surface area (Å²) in [6, 6.07) is 11.8. The number of hydrogen-bond donors (Lipinski definition) is 1. The van der Waals surface area contributed by atoms with Crippen molar-refractivity contribution in [2.45, 2.75) is 12.5 Å². The molecule has 100 valence electrons. The van der Waals surface area contributed by atoms with Gasteiger partial charge in [0.25, 0.3) is 0 Å². The van der Waals surface area contributed by atoms with Crippen molar-refractivity contribution in [3.8, 4) is 5.75 Å². The lowest BCUT2D eigenvalue weighted by atomic mass is 10.0. The van der Waals surface area contributed by atoms with E-state index in [9.17, 15) is 9.50 Å². The molecule has 0 bridgehead atoms. The maximum atomic E-state index is 13.0. The normalized spacial score (nSPS) is 12.2. The Balaban J connectivity index is 2.23. The minimum Gasteiger partial charge on any atom is -0.496 e. The molecule has 2 aromatic carbocycles. The summed E-state index contributed by atoms with van der Waals surface area (Å²) in [5.41, 5.74) is 1.57. The maximum Gasteiger partial charge on any atom is 0.124 e. The minimum absolute atomic E-state index is 0.303. The first kappa shape index (κ1) is 14.0. The van der Waals surface area contributed by atoms with E-state index in [4.69, 9.17) is 4.74 Å². The van der Waals surface area contributed by atoms with Crippen LogP contribution < -0.4 is 4.74 Å². The summed E-state index contributed by atoms with van der Waals surface area (Å²) in [6.45, 7) is 0. The Bertz CT molecular complexity index is 572. The number of methoxy groups -OCH3 is 1. The van der Waals surface area contributed by atoms with Crippen molar-refractivity contribution in [2.75, 3.05) is 7.11 Å². The van der Waals surface area contributed by atoms with Gasteiger partial charge in [0.2, 0.25) is 0 Å². The van der Waals surface area contributed by atoms with Gasteiger partial charge in [-0.2, -0.15) is 0 Å². The molecule has 0 aliphatic rings. The van der Waals surface area contributed by atoms with Crippen LogP contribution in [-0.2, 0) is 6.42 Å². The number of aliphatic hydroxyl groups excluding tert-OH is 1. The highest BCUT2D eigenvalue weighted by atomic mass is 79.9. The van der Waals surface area contributed by atoms with Crippen molar-refractivity contribution >= 4 is 15.9 Å². The fourth-order valence-electron chi connectivity index (χ4n) is 1.95. The standard InChI is InChI=1S/C15H14BrFO2/c1-19-15-5-3-2-4-12(15)14(18)8-10-6-7-11(17)9-13(10)16/h2-7,9,14,18H,8H2,1H3. The molecule has 0 heterocycles. The fraction of sp³-hybridized carbons (Fsp3) is 0.200. The Morgan fingerprint density at radius 1 is 1.26 bits per heavy atom. The van der Waals surface area contributed by atoms with Gasteiger partial charge in [-0.3, -0.25) is 0 Å². The van der Waals surface area contributed by atoms with E-state index >= 15 is 0 Å². The Kier molecular flexibility index (Phi) is 4.56. The molecule has 0 aliphatic heterocycles. The van der Waals surface area contributed by atoms with Crippen LogP contribution in [0, 0.1) is 5.82 Å². The first-order valence-corrected chi connectivity index (χ1v) is 6.66. The Labute approximate surface area is 120 Å². The lowest BCUT2D eigenvalue weighted by Gasteiger charge is -2.15. The van der Waals surface area contributed by atoms with Crippen LogP contribution in [0.4, 0.5) is 4.39 Å². The molecule has 4 heteroatoms. The topological polar surface area (TPSA) is 29.5 Å². The van der Waals surface area contributed by atoms with E-state index < -0.39 is 6.10 Å². The predicted octanol–water partition coefficient (Wildman–Crippen LogP) is 3.87. The van der Waals surface area contributed by atoms with Gasteiger partial charge in [0.1, 0.15) is 11.6 Å². The third-order valence-electron chi connectivity index (χ3n) is 2.93. The van der Waals surface area contributed by atoms with Gasteiger partial charge < -0.3 is 9.84 Å². The highest BCUT2D eigenvalue weighted by Gasteiger charge is 2.15. The summed E-state index contributed by atoms with van der Waals surface area (Å²) in [4.78, 5) is 0.